The average molecular weight is 200 g/mol. The van der Waals surface area contributed by atoms with Crippen LogP contribution in [0.15, 0.2) is 0 Å². The zero-order valence-corrected chi connectivity index (χ0v) is 10.9. The first-order chi connectivity index (χ1) is 6.37. The zero-order chi connectivity index (χ0) is 11.2. The van der Waals surface area contributed by atoms with Crippen LogP contribution >= 0.6 is 0 Å². The molecule has 0 rings (SSSR count). The molecular formula is C13H28O. The van der Waals surface area contributed by atoms with Crippen molar-refractivity contribution in [1.29, 1.82) is 0 Å². The zero-order valence-electron chi connectivity index (χ0n) is 10.9. The second kappa shape index (κ2) is 5.75. The summed E-state index contributed by atoms with van der Waals surface area (Å²) in [7, 11) is 0. The predicted molar refractivity (Wildman–Crippen MR) is 63.6 cm³/mol. The lowest BCUT2D eigenvalue weighted by Gasteiger charge is -2.42. The molecule has 0 fully saturated rings. The van der Waals surface area contributed by atoms with Crippen LogP contribution in [-0.2, 0) is 4.74 Å². The molecule has 0 aromatic carbocycles. The van der Waals surface area contributed by atoms with E-state index in [-0.39, 0.29) is 11.0 Å². The minimum Gasteiger partial charge on any atom is -0.375 e. The first-order valence-electron chi connectivity index (χ1n) is 6.01. The summed E-state index contributed by atoms with van der Waals surface area (Å²) in [6.07, 6.45) is 5.06. The average Bonchev–Trinajstić information content (AvgIpc) is 2.03. The quantitative estimate of drug-likeness (QED) is 0.577. The van der Waals surface area contributed by atoms with Gasteiger partial charge < -0.3 is 4.74 Å². The second-order valence-electron chi connectivity index (χ2n) is 5.37. The number of rotatable bonds is 6. The molecule has 86 valence electrons. The maximum absolute atomic E-state index is 5.94. The summed E-state index contributed by atoms with van der Waals surface area (Å²) in [4.78, 5) is 0. The molecular weight excluding hydrogens is 172 g/mol. The number of ether oxygens (including phenoxy) is 1. The largest absolute Gasteiger partial charge is 0.375 e. The number of unbranched alkanes of at least 4 members (excludes halogenated alkanes) is 2. The molecule has 0 amide bonds. The SMILES string of the molecule is CCCCCC(C)(OCC)C(C)(C)C. The highest BCUT2D eigenvalue weighted by molar-refractivity contribution is 4.88. The van der Waals surface area contributed by atoms with Crippen LogP contribution in [-0.4, -0.2) is 12.2 Å². The van der Waals surface area contributed by atoms with Crippen molar-refractivity contribution in [3.8, 4) is 0 Å². The fraction of sp³-hybridized carbons (Fsp3) is 1.00. The van der Waals surface area contributed by atoms with E-state index < -0.39 is 0 Å². The molecule has 0 saturated heterocycles. The van der Waals surface area contributed by atoms with Gasteiger partial charge in [0.15, 0.2) is 0 Å². The fourth-order valence-corrected chi connectivity index (χ4v) is 1.69. The van der Waals surface area contributed by atoms with E-state index in [1.54, 1.807) is 0 Å². The molecule has 0 saturated carbocycles. The standard InChI is InChI=1S/C13H28O/c1-7-9-10-11-13(6,14-8-2)12(3,4)5/h7-11H2,1-6H3. The van der Waals surface area contributed by atoms with Crippen LogP contribution < -0.4 is 0 Å². The van der Waals surface area contributed by atoms with Gasteiger partial charge in [0.25, 0.3) is 0 Å². The minimum atomic E-state index is 0.0386. The van der Waals surface area contributed by atoms with E-state index in [1.807, 2.05) is 0 Å². The van der Waals surface area contributed by atoms with Gasteiger partial charge in [-0.2, -0.15) is 0 Å². The molecule has 0 radical (unpaired) electrons. The van der Waals surface area contributed by atoms with Gasteiger partial charge in [-0.1, -0.05) is 47.0 Å². The van der Waals surface area contributed by atoms with Crippen LogP contribution in [0.5, 0.6) is 0 Å². The Bertz CT molecular complexity index is 146. The van der Waals surface area contributed by atoms with Gasteiger partial charge in [-0.3, -0.25) is 0 Å². The number of hydrogen-bond donors (Lipinski definition) is 0. The summed E-state index contributed by atoms with van der Waals surface area (Å²) >= 11 is 0. The monoisotopic (exact) mass is 200 g/mol. The first-order valence-corrected chi connectivity index (χ1v) is 6.01. The molecule has 0 aromatic rings. The van der Waals surface area contributed by atoms with Gasteiger partial charge in [-0.05, 0) is 25.7 Å². The highest BCUT2D eigenvalue weighted by Gasteiger charge is 2.37. The van der Waals surface area contributed by atoms with Crippen LogP contribution in [0, 0.1) is 5.41 Å². The van der Waals surface area contributed by atoms with Crippen LogP contribution in [0.1, 0.15) is 67.2 Å². The van der Waals surface area contributed by atoms with Gasteiger partial charge in [-0.15, -0.1) is 0 Å². The van der Waals surface area contributed by atoms with Gasteiger partial charge in [0.05, 0.1) is 5.60 Å². The van der Waals surface area contributed by atoms with Gasteiger partial charge in [-0.25, -0.2) is 0 Å². The van der Waals surface area contributed by atoms with E-state index in [9.17, 15) is 0 Å². The molecule has 1 nitrogen and oxygen atoms in total. The van der Waals surface area contributed by atoms with E-state index >= 15 is 0 Å². The maximum Gasteiger partial charge on any atom is 0.0702 e. The van der Waals surface area contributed by atoms with E-state index in [4.69, 9.17) is 4.74 Å². The Morgan fingerprint density at radius 3 is 1.86 bits per heavy atom. The van der Waals surface area contributed by atoms with Gasteiger partial charge >= 0.3 is 0 Å². The lowest BCUT2D eigenvalue weighted by Crippen LogP contribution is -2.42. The molecule has 1 heteroatoms. The lowest BCUT2D eigenvalue weighted by atomic mass is 9.74. The van der Waals surface area contributed by atoms with Crippen LogP contribution in [0.3, 0.4) is 0 Å². The van der Waals surface area contributed by atoms with Crippen molar-refractivity contribution in [3.63, 3.8) is 0 Å². The summed E-state index contributed by atoms with van der Waals surface area (Å²) in [5.74, 6) is 0. The van der Waals surface area contributed by atoms with Crippen LogP contribution in [0.4, 0.5) is 0 Å². The summed E-state index contributed by atoms with van der Waals surface area (Å²) in [5.41, 5.74) is 0.271. The molecule has 0 aliphatic rings. The van der Waals surface area contributed by atoms with Crippen molar-refractivity contribution in [1.82, 2.24) is 0 Å². The molecule has 0 bridgehead atoms. The van der Waals surface area contributed by atoms with Crippen molar-refractivity contribution < 1.29 is 4.74 Å². The topological polar surface area (TPSA) is 9.23 Å². The molecule has 0 aliphatic carbocycles. The van der Waals surface area contributed by atoms with Gasteiger partial charge in [0, 0.05) is 6.61 Å². The third-order valence-corrected chi connectivity index (χ3v) is 3.31. The van der Waals surface area contributed by atoms with Crippen molar-refractivity contribution >= 4 is 0 Å². The summed E-state index contributed by atoms with van der Waals surface area (Å²) in [5, 5.41) is 0. The van der Waals surface area contributed by atoms with Gasteiger partial charge in [0.1, 0.15) is 0 Å². The normalized spacial score (nSPS) is 16.7. The lowest BCUT2D eigenvalue weighted by molar-refractivity contribution is -0.106. The van der Waals surface area contributed by atoms with E-state index in [0.717, 1.165) is 6.61 Å². The molecule has 0 aliphatic heterocycles. The Morgan fingerprint density at radius 2 is 1.50 bits per heavy atom. The fourth-order valence-electron chi connectivity index (χ4n) is 1.69. The molecule has 0 spiro atoms. The highest BCUT2D eigenvalue weighted by Crippen LogP contribution is 2.37. The molecule has 0 aromatic heterocycles. The Labute approximate surface area is 90.2 Å². The predicted octanol–water partition coefficient (Wildman–Crippen LogP) is 4.41. The Hall–Kier alpha value is -0.0400. The summed E-state index contributed by atoms with van der Waals surface area (Å²) < 4.78 is 5.94. The first kappa shape index (κ1) is 14.0. The van der Waals surface area contributed by atoms with Crippen molar-refractivity contribution in [2.75, 3.05) is 6.61 Å². The molecule has 14 heavy (non-hydrogen) atoms. The van der Waals surface area contributed by atoms with Crippen molar-refractivity contribution in [2.45, 2.75) is 72.8 Å². The third kappa shape index (κ3) is 4.00. The number of hydrogen-bond acceptors (Lipinski definition) is 1. The van der Waals surface area contributed by atoms with Crippen molar-refractivity contribution in [2.24, 2.45) is 5.41 Å². The minimum absolute atomic E-state index is 0.0386. The third-order valence-electron chi connectivity index (χ3n) is 3.31. The van der Waals surface area contributed by atoms with E-state index in [0.29, 0.717) is 0 Å². The van der Waals surface area contributed by atoms with Crippen LogP contribution in [0.2, 0.25) is 0 Å². The molecule has 1 unspecified atom stereocenters. The Morgan fingerprint density at radius 1 is 0.929 bits per heavy atom. The summed E-state index contributed by atoms with van der Waals surface area (Å²) in [6.45, 7) is 14.2. The smallest absolute Gasteiger partial charge is 0.0702 e. The molecule has 0 heterocycles. The Kier molecular flexibility index (Phi) is 5.73. The molecule has 1 atom stereocenters. The van der Waals surface area contributed by atoms with Gasteiger partial charge in [0.2, 0.25) is 0 Å². The highest BCUT2D eigenvalue weighted by atomic mass is 16.5. The maximum atomic E-state index is 5.94. The van der Waals surface area contributed by atoms with Crippen molar-refractivity contribution in [3.05, 3.63) is 0 Å². The van der Waals surface area contributed by atoms with Crippen LogP contribution in [0.25, 0.3) is 0 Å². The summed E-state index contributed by atoms with van der Waals surface area (Å²) in [6, 6.07) is 0. The van der Waals surface area contributed by atoms with E-state index in [1.165, 1.54) is 25.7 Å². The second-order valence-corrected chi connectivity index (χ2v) is 5.37. The molecule has 0 N–H and O–H groups in total. The Balaban J connectivity index is 4.25. The van der Waals surface area contributed by atoms with E-state index in [2.05, 4.69) is 41.5 Å².